The zero-order valence-electron chi connectivity index (χ0n) is 20.0. The topological polar surface area (TPSA) is 88.7 Å². The van der Waals surface area contributed by atoms with Crippen LogP contribution in [0.2, 0.25) is 5.02 Å². The molecule has 1 saturated heterocycles. The fraction of sp³-hybridized carbons (Fsp3) is 0.407. The van der Waals surface area contributed by atoms with Gasteiger partial charge in [-0.3, -0.25) is 14.7 Å². The van der Waals surface area contributed by atoms with Gasteiger partial charge in [0.05, 0.1) is 29.1 Å². The molecule has 4 rings (SSSR count). The van der Waals surface area contributed by atoms with Crippen LogP contribution in [0.3, 0.4) is 0 Å². The van der Waals surface area contributed by atoms with Gasteiger partial charge in [-0.2, -0.15) is 4.39 Å². The van der Waals surface area contributed by atoms with Crippen LogP contribution in [0.25, 0.3) is 10.9 Å². The molecule has 2 unspecified atom stereocenters. The van der Waals surface area contributed by atoms with Gasteiger partial charge in [-0.25, -0.2) is 0 Å². The lowest BCUT2D eigenvalue weighted by Crippen LogP contribution is -2.41. The molecule has 3 atom stereocenters. The monoisotopic (exact) mass is 529 g/mol. The Morgan fingerprint density at radius 3 is 2.94 bits per heavy atom. The number of likely N-dealkylation sites (tertiary alicyclic amines) is 1. The number of carboxylic acid groups (broad SMARTS) is 1. The van der Waals surface area contributed by atoms with Crippen molar-refractivity contribution in [1.82, 2.24) is 9.88 Å². The summed E-state index contributed by atoms with van der Waals surface area (Å²) < 4.78 is 18.5. The number of benzene rings is 1. The van der Waals surface area contributed by atoms with E-state index in [1.165, 1.54) is 6.07 Å². The Hall–Kier alpha value is -2.70. The van der Waals surface area contributed by atoms with Crippen molar-refractivity contribution >= 4 is 39.8 Å². The van der Waals surface area contributed by atoms with Gasteiger partial charge in [0.2, 0.25) is 0 Å². The lowest BCUT2D eigenvalue weighted by Gasteiger charge is -2.37. The lowest BCUT2D eigenvalue weighted by atomic mass is 9.79. The summed E-state index contributed by atoms with van der Waals surface area (Å²) in [5, 5.41) is 10.7. The van der Waals surface area contributed by atoms with Crippen molar-refractivity contribution in [3.8, 4) is 17.6 Å². The number of aliphatic carboxylic acids is 1. The van der Waals surface area contributed by atoms with Crippen LogP contribution in [-0.4, -0.2) is 47.7 Å². The highest BCUT2D eigenvalue weighted by atomic mass is 35.5. The van der Waals surface area contributed by atoms with Crippen LogP contribution >= 0.6 is 22.9 Å². The van der Waals surface area contributed by atoms with Gasteiger partial charge in [0.15, 0.2) is 5.13 Å². The van der Waals surface area contributed by atoms with Gasteiger partial charge in [0.1, 0.15) is 5.75 Å². The highest BCUT2D eigenvalue weighted by Gasteiger charge is 2.31. The number of aromatic nitrogens is 1. The van der Waals surface area contributed by atoms with E-state index in [0.29, 0.717) is 35.2 Å². The summed E-state index contributed by atoms with van der Waals surface area (Å²) in [6.07, 6.45) is 4.09. The lowest BCUT2D eigenvalue weighted by molar-refractivity contribution is -0.139. The highest BCUT2D eigenvalue weighted by molar-refractivity contribution is 7.10. The Kier molecular flexibility index (Phi) is 8.81. The fourth-order valence-electron chi connectivity index (χ4n) is 4.96. The minimum absolute atomic E-state index is 0.00850. The predicted molar refractivity (Wildman–Crippen MR) is 141 cm³/mol. The molecule has 0 amide bonds. The SMILES string of the molecule is COc1ccc2ncc(Cl)c([C@H](N)CCC3CCN(CC#Cc4ccc(F)s4)CC3CC(=O)O)c2c1. The number of ether oxygens (including phenoxy) is 1. The molecule has 3 heterocycles. The number of methoxy groups -OCH3 is 1. The van der Waals surface area contributed by atoms with Gasteiger partial charge in [-0.1, -0.05) is 34.8 Å². The Morgan fingerprint density at radius 1 is 1.39 bits per heavy atom. The molecule has 2 aromatic heterocycles. The van der Waals surface area contributed by atoms with E-state index in [1.807, 2.05) is 18.2 Å². The van der Waals surface area contributed by atoms with E-state index in [-0.39, 0.29) is 29.4 Å². The number of carbonyl (C=O) groups is 1. The van der Waals surface area contributed by atoms with Gasteiger partial charge in [0.25, 0.3) is 0 Å². The molecular weight excluding hydrogens is 501 g/mol. The zero-order chi connectivity index (χ0) is 25.7. The van der Waals surface area contributed by atoms with E-state index < -0.39 is 5.97 Å². The van der Waals surface area contributed by atoms with Crippen molar-refractivity contribution in [3.05, 3.63) is 57.1 Å². The number of hydrogen-bond acceptors (Lipinski definition) is 6. The van der Waals surface area contributed by atoms with Gasteiger partial charge in [-0.05, 0) is 73.5 Å². The van der Waals surface area contributed by atoms with Gasteiger partial charge in [0, 0.05) is 30.6 Å². The summed E-state index contributed by atoms with van der Waals surface area (Å²) in [5.74, 6) is 6.25. The maximum Gasteiger partial charge on any atom is 0.303 e. The first-order valence-corrected chi connectivity index (χ1v) is 13.1. The molecular formula is C27H29ClFN3O3S. The normalized spacial score (nSPS) is 19.0. The van der Waals surface area contributed by atoms with Crippen molar-refractivity contribution in [2.24, 2.45) is 17.6 Å². The number of nitrogens with two attached hydrogens (primary N) is 1. The van der Waals surface area contributed by atoms with Crippen molar-refractivity contribution in [3.63, 3.8) is 0 Å². The van der Waals surface area contributed by atoms with Crippen LogP contribution in [0.1, 0.15) is 42.2 Å². The van der Waals surface area contributed by atoms with E-state index in [9.17, 15) is 14.3 Å². The van der Waals surface area contributed by atoms with Crippen LogP contribution < -0.4 is 10.5 Å². The average molecular weight is 530 g/mol. The number of halogens is 2. The van der Waals surface area contributed by atoms with Crippen molar-refractivity contribution in [1.29, 1.82) is 0 Å². The van der Waals surface area contributed by atoms with Gasteiger partial charge >= 0.3 is 5.97 Å². The molecule has 190 valence electrons. The van der Waals surface area contributed by atoms with E-state index in [4.69, 9.17) is 22.1 Å². The largest absolute Gasteiger partial charge is 0.497 e. The second kappa shape index (κ2) is 12.0. The number of pyridine rings is 1. The Morgan fingerprint density at radius 2 is 2.22 bits per heavy atom. The third kappa shape index (κ3) is 6.54. The number of thiophene rings is 1. The molecule has 0 radical (unpaired) electrons. The number of nitrogens with zero attached hydrogens (tertiary/aromatic N) is 2. The van der Waals surface area contributed by atoms with E-state index in [2.05, 4.69) is 21.7 Å². The zero-order valence-corrected chi connectivity index (χ0v) is 21.6. The van der Waals surface area contributed by atoms with Crippen LogP contribution in [0.4, 0.5) is 4.39 Å². The number of rotatable bonds is 8. The summed E-state index contributed by atoms with van der Waals surface area (Å²) in [5.41, 5.74) is 8.28. The molecule has 1 fully saturated rings. The maximum absolute atomic E-state index is 13.2. The second-order valence-electron chi connectivity index (χ2n) is 9.13. The smallest absolute Gasteiger partial charge is 0.303 e. The summed E-state index contributed by atoms with van der Waals surface area (Å²) in [7, 11) is 1.61. The van der Waals surface area contributed by atoms with E-state index >= 15 is 0 Å². The van der Waals surface area contributed by atoms with E-state index in [1.54, 1.807) is 19.4 Å². The first kappa shape index (κ1) is 26.4. The summed E-state index contributed by atoms with van der Waals surface area (Å²) in [4.78, 5) is 18.9. The molecule has 6 nitrogen and oxygen atoms in total. The predicted octanol–water partition coefficient (Wildman–Crippen LogP) is 5.34. The molecule has 1 aliphatic heterocycles. The maximum atomic E-state index is 13.2. The number of fused-ring (bicyclic) bond motifs is 1. The molecule has 36 heavy (non-hydrogen) atoms. The molecule has 1 aromatic carbocycles. The Labute approximate surface area is 219 Å². The summed E-state index contributed by atoms with van der Waals surface area (Å²) in [6, 6.07) is 8.41. The quantitative estimate of drug-likeness (QED) is 0.383. The first-order valence-electron chi connectivity index (χ1n) is 11.9. The minimum Gasteiger partial charge on any atom is -0.497 e. The summed E-state index contributed by atoms with van der Waals surface area (Å²) >= 11 is 7.55. The number of piperidine rings is 1. The number of carboxylic acids is 1. The third-order valence-corrected chi connectivity index (χ3v) is 7.88. The van der Waals surface area contributed by atoms with Crippen LogP contribution in [0.5, 0.6) is 5.75 Å². The molecule has 0 saturated carbocycles. The van der Waals surface area contributed by atoms with Crippen molar-refractivity contribution in [2.45, 2.75) is 31.7 Å². The standard InChI is InChI=1S/C27H29ClFN3O3S/c1-35-19-5-8-24-21(14-19)27(22(28)15-31-24)23(30)7-4-17-10-12-32(16-18(17)13-26(33)34)11-2-3-20-6-9-25(29)36-20/h5-6,8-9,14-15,17-18,23H,4,7,10-13,16,30H2,1H3,(H,33,34)/t17?,18?,23-/m1/s1. The fourth-order valence-corrected chi connectivity index (χ4v) is 5.86. The Bertz CT molecular complexity index is 1290. The van der Waals surface area contributed by atoms with Crippen molar-refractivity contribution < 1.29 is 19.0 Å². The summed E-state index contributed by atoms with van der Waals surface area (Å²) in [6.45, 7) is 2.03. The van der Waals surface area contributed by atoms with Gasteiger partial charge in [-0.15, -0.1) is 0 Å². The molecule has 0 bridgehead atoms. The average Bonchev–Trinajstić information content (AvgIpc) is 3.27. The minimum atomic E-state index is -0.799. The third-order valence-electron chi connectivity index (χ3n) is 6.79. The molecule has 0 aliphatic carbocycles. The Balaban J connectivity index is 1.42. The van der Waals surface area contributed by atoms with Gasteiger partial charge < -0.3 is 15.6 Å². The first-order chi connectivity index (χ1) is 17.3. The molecule has 0 spiro atoms. The van der Waals surface area contributed by atoms with Crippen LogP contribution in [0.15, 0.2) is 36.5 Å². The number of hydrogen-bond donors (Lipinski definition) is 2. The molecule has 3 N–H and O–H groups in total. The van der Waals surface area contributed by atoms with E-state index in [0.717, 1.165) is 47.2 Å². The van der Waals surface area contributed by atoms with Crippen LogP contribution in [-0.2, 0) is 4.79 Å². The molecule has 9 heteroatoms. The highest BCUT2D eigenvalue weighted by Crippen LogP contribution is 2.36. The molecule has 1 aliphatic rings. The molecule has 3 aromatic rings. The van der Waals surface area contributed by atoms with Crippen molar-refractivity contribution in [2.75, 3.05) is 26.7 Å². The second-order valence-corrected chi connectivity index (χ2v) is 10.6. The van der Waals surface area contributed by atoms with Crippen LogP contribution in [0, 0.1) is 28.8 Å².